The number of hydrogen-bond donors (Lipinski definition) is 2. The van der Waals surface area contributed by atoms with Crippen molar-refractivity contribution in [2.45, 2.75) is 57.0 Å². The first-order valence-corrected chi connectivity index (χ1v) is 7.82. The Balaban J connectivity index is 1.59. The van der Waals surface area contributed by atoms with Gasteiger partial charge in [-0.05, 0) is 65.1 Å². The molecule has 1 aliphatic carbocycles. The number of amides is 1. The number of nitrogens with zero attached hydrogens (tertiary/aromatic N) is 1. The van der Waals surface area contributed by atoms with Crippen LogP contribution in [0.5, 0.6) is 0 Å². The molecule has 0 radical (unpaired) electrons. The lowest BCUT2D eigenvalue weighted by molar-refractivity contribution is -0.122. The molecule has 110 valence electrons. The van der Waals surface area contributed by atoms with Crippen molar-refractivity contribution in [1.29, 1.82) is 0 Å². The van der Waals surface area contributed by atoms with Gasteiger partial charge in [-0.15, -0.1) is 0 Å². The Morgan fingerprint density at radius 2 is 1.84 bits per heavy atom. The highest BCUT2D eigenvalue weighted by Crippen LogP contribution is 2.21. The maximum atomic E-state index is 12.0. The second-order valence-electron chi connectivity index (χ2n) is 6.36. The molecule has 1 atom stereocenters. The summed E-state index contributed by atoms with van der Waals surface area (Å²) in [6, 6.07) is 1.07. The van der Waals surface area contributed by atoms with E-state index in [1.165, 1.54) is 32.4 Å². The van der Waals surface area contributed by atoms with Crippen molar-refractivity contribution in [3.8, 4) is 0 Å². The third-order valence-corrected chi connectivity index (χ3v) is 4.77. The summed E-state index contributed by atoms with van der Waals surface area (Å²) in [5.41, 5.74) is 0. The first kappa shape index (κ1) is 14.8. The minimum Gasteiger partial charge on any atom is -0.353 e. The molecule has 2 N–H and O–H groups in total. The van der Waals surface area contributed by atoms with Crippen molar-refractivity contribution in [2.24, 2.45) is 5.92 Å². The van der Waals surface area contributed by atoms with Crippen LogP contribution in [0.4, 0.5) is 0 Å². The van der Waals surface area contributed by atoms with Crippen LogP contribution in [0, 0.1) is 5.92 Å². The summed E-state index contributed by atoms with van der Waals surface area (Å²) >= 11 is 0. The van der Waals surface area contributed by atoms with Crippen LogP contribution in [0.3, 0.4) is 0 Å². The van der Waals surface area contributed by atoms with Crippen molar-refractivity contribution >= 4 is 5.91 Å². The molecule has 2 aliphatic rings. The zero-order valence-electron chi connectivity index (χ0n) is 12.5. The molecule has 2 rings (SSSR count). The van der Waals surface area contributed by atoms with Gasteiger partial charge >= 0.3 is 0 Å². The zero-order valence-corrected chi connectivity index (χ0v) is 12.5. The maximum Gasteiger partial charge on any atom is 0.220 e. The van der Waals surface area contributed by atoms with Crippen LogP contribution in [0.1, 0.15) is 44.9 Å². The summed E-state index contributed by atoms with van der Waals surface area (Å²) in [6.07, 6.45) is 7.67. The van der Waals surface area contributed by atoms with Gasteiger partial charge in [0.2, 0.25) is 5.91 Å². The van der Waals surface area contributed by atoms with E-state index in [1.807, 2.05) is 7.05 Å². The fourth-order valence-electron chi connectivity index (χ4n) is 3.42. The van der Waals surface area contributed by atoms with E-state index in [9.17, 15) is 4.79 Å². The topological polar surface area (TPSA) is 44.4 Å². The number of likely N-dealkylation sites (tertiary alicyclic amines) is 1. The molecular formula is C15H29N3O. The Kier molecular flexibility index (Phi) is 5.64. The summed E-state index contributed by atoms with van der Waals surface area (Å²) in [4.78, 5) is 14.3. The molecule has 1 aliphatic heterocycles. The maximum absolute atomic E-state index is 12.0. The van der Waals surface area contributed by atoms with Crippen LogP contribution < -0.4 is 10.6 Å². The second kappa shape index (κ2) is 7.25. The minimum atomic E-state index is 0.266. The van der Waals surface area contributed by atoms with Crippen LogP contribution in [0.2, 0.25) is 0 Å². The van der Waals surface area contributed by atoms with Crippen molar-refractivity contribution in [1.82, 2.24) is 15.5 Å². The number of hydrogen-bond acceptors (Lipinski definition) is 3. The van der Waals surface area contributed by atoms with Gasteiger partial charge < -0.3 is 15.5 Å². The van der Waals surface area contributed by atoms with Gasteiger partial charge in [-0.25, -0.2) is 0 Å². The molecular weight excluding hydrogens is 238 g/mol. The van der Waals surface area contributed by atoms with Crippen LogP contribution in [0.15, 0.2) is 0 Å². The SMILES string of the molecule is CNC1CCC(NC(=O)CCC2CCN(C)C2)CC1. The highest BCUT2D eigenvalue weighted by atomic mass is 16.1. The summed E-state index contributed by atoms with van der Waals surface area (Å²) < 4.78 is 0. The lowest BCUT2D eigenvalue weighted by atomic mass is 9.91. The average Bonchev–Trinajstić information content (AvgIpc) is 2.83. The van der Waals surface area contributed by atoms with Gasteiger partial charge in [0.25, 0.3) is 0 Å². The number of rotatable bonds is 5. The van der Waals surface area contributed by atoms with Gasteiger partial charge in [0, 0.05) is 25.0 Å². The summed E-state index contributed by atoms with van der Waals surface area (Å²) in [5.74, 6) is 0.998. The van der Waals surface area contributed by atoms with E-state index in [2.05, 4.69) is 22.6 Å². The second-order valence-corrected chi connectivity index (χ2v) is 6.36. The van der Waals surface area contributed by atoms with E-state index in [-0.39, 0.29) is 5.91 Å². The molecule has 0 aromatic carbocycles. The first-order valence-electron chi connectivity index (χ1n) is 7.82. The molecule has 0 spiro atoms. The van der Waals surface area contributed by atoms with Crippen molar-refractivity contribution in [3.63, 3.8) is 0 Å². The Morgan fingerprint density at radius 1 is 1.16 bits per heavy atom. The normalized spacial score (nSPS) is 32.4. The minimum absolute atomic E-state index is 0.266. The Labute approximate surface area is 117 Å². The molecule has 19 heavy (non-hydrogen) atoms. The van der Waals surface area contributed by atoms with Crippen molar-refractivity contribution in [3.05, 3.63) is 0 Å². The van der Waals surface area contributed by atoms with E-state index in [1.54, 1.807) is 0 Å². The monoisotopic (exact) mass is 267 g/mol. The molecule has 2 fully saturated rings. The third kappa shape index (κ3) is 4.77. The summed E-state index contributed by atoms with van der Waals surface area (Å²) in [7, 11) is 4.20. The molecule has 0 aromatic rings. The smallest absolute Gasteiger partial charge is 0.220 e. The molecule has 0 bridgehead atoms. The van der Waals surface area contributed by atoms with E-state index in [0.29, 0.717) is 18.5 Å². The fraction of sp³-hybridized carbons (Fsp3) is 0.933. The predicted molar refractivity (Wildman–Crippen MR) is 78.1 cm³/mol. The Bertz CT molecular complexity index is 287. The van der Waals surface area contributed by atoms with Gasteiger partial charge in [-0.3, -0.25) is 4.79 Å². The first-order chi connectivity index (χ1) is 9.17. The molecule has 1 saturated carbocycles. The zero-order chi connectivity index (χ0) is 13.7. The van der Waals surface area contributed by atoms with E-state index >= 15 is 0 Å². The standard InChI is InChI=1S/C15H29N3O/c1-16-13-4-6-14(7-5-13)17-15(19)8-3-12-9-10-18(2)11-12/h12-14,16H,3-11H2,1-2H3,(H,17,19). The molecule has 0 aromatic heterocycles. The van der Waals surface area contributed by atoms with Crippen LogP contribution >= 0.6 is 0 Å². The third-order valence-electron chi connectivity index (χ3n) is 4.77. The summed E-state index contributed by atoms with van der Waals surface area (Å²) in [6.45, 7) is 2.36. The van der Waals surface area contributed by atoms with Gasteiger partial charge in [0.15, 0.2) is 0 Å². The van der Waals surface area contributed by atoms with Crippen LogP contribution in [-0.2, 0) is 4.79 Å². The Morgan fingerprint density at radius 3 is 2.42 bits per heavy atom. The quantitative estimate of drug-likeness (QED) is 0.790. The largest absolute Gasteiger partial charge is 0.353 e. The van der Waals surface area contributed by atoms with E-state index in [4.69, 9.17) is 0 Å². The molecule has 1 saturated heterocycles. The predicted octanol–water partition coefficient (Wildman–Crippen LogP) is 1.37. The number of carbonyl (C=O) groups excluding carboxylic acids is 1. The molecule has 4 nitrogen and oxygen atoms in total. The highest BCUT2D eigenvalue weighted by molar-refractivity contribution is 5.76. The summed E-state index contributed by atoms with van der Waals surface area (Å²) in [5, 5.41) is 6.55. The van der Waals surface area contributed by atoms with Crippen molar-refractivity contribution < 1.29 is 4.79 Å². The number of carbonyl (C=O) groups is 1. The highest BCUT2D eigenvalue weighted by Gasteiger charge is 2.23. The van der Waals surface area contributed by atoms with Crippen LogP contribution in [-0.4, -0.2) is 50.1 Å². The Hall–Kier alpha value is -0.610. The van der Waals surface area contributed by atoms with Gasteiger partial charge in [0.05, 0.1) is 0 Å². The average molecular weight is 267 g/mol. The van der Waals surface area contributed by atoms with Crippen LogP contribution in [0.25, 0.3) is 0 Å². The van der Waals surface area contributed by atoms with Crippen molar-refractivity contribution in [2.75, 3.05) is 27.2 Å². The molecule has 1 unspecified atom stereocenters. The van der Waals surface area contributed by atoms with E-state index < -0.39 is 0 Å². The van der Waals surface area contributed by atoms with Gasteiger partial charge in [-0.2, -0.15) is 0 Å². The molecule has 4 heteroatoms. The number of nitrogens with one attached hydrogen (secondary N) is 2. The van der Waals surface area contributed by atoms with Gasteiger partial charge in [0.1, 0.15) is 0 Å². The van der Waals surface area contributed by atoms with E-state index in [0.717, 1.165) is 25.2 Å². The lowest BCUT2D eigenvalue weighted by Gasteiger charge is -2.28. The van der Waals surface area contributed by atoms with Gasteiger partial charge in [-0.1, -0.05) is 0 Å². The lowest BCUT2D eigenvalue weighted by Crippen LogP contribution is -2.41. The fourth-order valence-corrected chi connectivity index (χ4v) is 3.42. The molecule has 1 heterocycles. The molecule has 1 amide bonds.